The number of fused-ring (bicyclic) bond motifs is 3. The molecule has 3 aromatic carbocycles. The maximum atomic E-state index is 13.0. The second-order valence-electron chi connectivity index (χ2n) is 7.65. The average molecular weight is 455 g/mol. The van der Waals surface area contributed by atoms with Crippen molar-refractivity contribution in [1.82, 2.24) is 0 Å². The molecule has 2 N–H and O–H groups in total. The third-order valence-corrected chi connectivity index (χ3v) is 7.13. The van der Waals surface area contributed by atoms with Gasteiger partial charge in [0.05, 0.1) is 16.1 Å². The van der Waals surface area contributed by atoms with E-state index in [2.05, 4.69) is 10.0 Å². The lowest BCUT2D eigenvalue weighted by Crippen LogP contribution is -2.15. The molecule has 2 aliphatic rings. The lowest BCUT2D eigenvalue weighted by molar-refractivity contribution is 0.102. The lowest BCUT2D eigenvalue weighted by atomic mass is 9.92. The lowest BCUT2D eigenvalue weighted by Gasteiger charge is -2.17. The van der Waals surface area contributed by atoms with Crippen molar-refractivity contribution in [2.45, 2.75) is 30.6 Å². The number of carbonyl (C=O) groups excluding carboxylic acids is 1. The number of benzene rings is 3. The van der Waals surface area contributed by atoms with Crippen LogP contribution < -0.4 is 14.8 Å². The molecule has 0 fully saturated rings. The van der Waals surface area contributed by atoms with Gasteiger partial charge in [-0.05, 0) is 85.3 Å². The van der Waals surface area contributed by atoms with Gasteiger partial charge in [0, 0.05) is 10.7 Å². The molecule has 0 unspecified atom stereocenters. The van der Waals surface area contributed by atoms with E-state index in [1.807, 2.05) is 6.07 Å². The Bertz CT molecular complexity index is 1320. The molecule has 1 aliphatic carbocycles. The maximum Gasteiger partial charge on any atom is 0.261 e. The highest BCUT2D eigenvalue weighted by molar-refractivity contribution is 7.92. The molecule has 6 nitrogen and oxygen atoms in total. The molecule has 0 radical (unpaired) electrons. The summed E-state index contributed by atoms with van der Waals surface area (Å²) < 4.78 is 34.3. The Kier molecular flexibility index (Phi) is 4.87. The predicted molar refractivity (Wildman–Crippen MR) is 120 cm³/mol. The molecule has 0 spiro atoms. The number of hydrogen-bond acceptors (Lipinski definition) is 4. The van der Waals surface area contributed by atoms with E-state index in [0.29, 0.717) is 22.2 Å². The summed E-state index contributed by atoms with van der Waals surface area (Å²) in [7, 11) is -3.80. The summed E-state index contributed by atoms with van der Waals surface area (Å²) in [6, 6.07) is 14.8. The molecule has 0 aromatic heterocycles. The predicted octanol–water partition coefficient (Wildman–Crippen LogP) is 5.38. The van der Waals surface area contributed by atoms with Gasteiger partial charge in [-0.1, -0.05) is 17.7 Å². The molecule has 0 saturated carbocycles. The van der Waals surface area contributed by atoms with Crippen LogP contribution in [0, 0.1) is 0 Å². The van der Waals surface area contributed by atoms with Crippen molar-refractivity contribution in [2.24, 2.45) is 0 Å². The normalized spacial score (nSPS) is 14.9. The van der Waals surface area contributed by atoms with Gasteiger partial charge in [-0.3, -0.25) is 9.52 Å². The van der Waals surface area contributed by atoms with Gasteiger partial charge in [-0.15, -0.1) is 0 Å². The summed E-state index contributed by atoms with van der Waals surface area (Å²) in [4.78, 5) is 12.9. The molecule has 1 heterocycles. The number of ether oxygens (including phenoxy) is 1. The van der Waals surface area contributed by atoms with Gasteiger partial charge in [0.15, 0.2) is 5.75 Å². The monoisotopic (exact) mass is 454 g/mol. The molecule has 0 bridgehead atoms. The Morgan fingerprint density at radius 3 is 2.52 bits per heavy atom. The van der Waals surface area contributed by atoms with Crippen molar-refractivity contribution in [1.29, 1.82) is 0 Å². The number of anilines is 2. The van der Waals surface area contributed by atoms with Crippen LogP contribution in [0.1, 0.15) is 34.3 Å². The summed E-state index contributed by atoms with van der Waals surface area (Å²) in [6.07, 6.45) is 4.07. The maximum absolute atomic E-state index is 13.0. The topological polar surface area (TPSA) is 84.5 Å². The fraction of sp³-hybridized carbons (Fsp3) is 0.174. The van der Waals surface area contributed by atoms with E-state index < -0.39 is 15.9 Å². The average Bonchev–Trinajstić information content (AvgIpc) is 2.88. The molecule has 8 heteroatoms. The third-order valence-electron chi connectivity index (χ3n) is 5.52. The van der Waals surface area contributed by atoms with Crippen LogP contribution >= 0.6 is 11.6 Å². The number of amides is 1. The summed E-state index contributed by atoms with van der Waals surface area (Å²) in [6.45, 7) is 0. The van der Waals surface area contributed by atoms with E-state index in [4.69, 9.17) is 16.3 Å². The number of rotatable bonds is 3. The van der Waals surface area contributed by atoms with Crippen LogP contribution in [0.25, 0.3) is 0 Å². The number of halogens is 1. The fourth-order valence-corrected chi connectivity index (χ4v) is 5.22. The van der Waals surface area contributed by atoms with E-state index in [-0.39, 0.29) is 16.1 Å². The van der Waals surface area contributed by atoms with Gasteiger partial charge in [-0.2, -0.15) is 0 Å². The van der Waals surface area contributed by atoms with Gasteiger partial charge in [-0.25, -0.2) is 8.42 Å². The minimum atomic E-state index is -3.80. The van der Waals surface area contributed by atoms with Crippen molar-refractivity contribution in [3.63, 3.8) is 0 Å². The second-order valence-corrected chi connectivity index (χ2v) is 9.77. The summed E-state index contributed by atoms with van der Waals surface area (Å²) in [5.41, 5.74) is 3.24. The van der Waals surface area contributed by atoms with Gasteiger partial charge >= 0.3 is 0 Å². The molecule has 5 rings (SSSR count). The zero-order valence-corrected chi connectivity index (χ0v) is 18.0. The smallest absolute Gasteiger partial charge is 0.261 e. The minimum absolute atomic E-state index is 0.214. The van der Waals surface area contributed by atoms with Crippen molar-refractivity contribution in [2.75, 3.05) is 10.0 Å². The summed E-state index contributed by atoms with van der Waals surface area (Å²) in [5.74, 6) is 0.375. The van der Waals surface area contributed by atoms with Crippen molar-refractivity contribution in [3.05, 3.63) is 76.3 Å². The number of sulfonamides is 1. The van der Waals surface area contributed by atoms with Crippen LogP contribution in [0.5, 0.6) is 11.5 Å². The van der Waals surface area contributed by atoms with E-state index >= 15 is 0 Å². The minimum Gasteiger partial charge on any atom is -0.454 e. The van der Waals surface area contributed by atoms with Crippen LogP contribution in [0.3, 0.4) is 0 Å². The molecular formula is C23H19ClN2O4S. The van der Waals surface area contributed by atoms with Crippen LogP contribution in [0.4, 0.5) is 11.4 Å². The van der Waals surface area contributed by atoms with E-state index in [0.717, 1.165) is 31.2 Å². The largest absolute Gasteiger partial charge is 0.454 e. The van der Waals surface area contributed by atoms with E-state index in [9.17, 15) is 13.2 Å². The first-order valence-electron chi connectivity index (χ1n) is 9.96. The molecule has 31 heavy (non-hydrogen) atoms. The van der Waals surface area contributed by atoms with Gasteiger partial charge < -0.3 is 10.1 Å². The highest BCUT2D eigenvalue weighted by atomic mass is 35.5. The first-order valence-corrected chi connectivity index (χ1v) is 11.8. The molecule has 1 aliphatic heterocycles. The quantitative estimate of drug-likeness (QED) is 0.556. The molecule has 1 amide bonds. The van der Waals surface area contributed by atoms with Gasteiger partial charge in [0.1, 0.15) is 5.75 Å². The van der Waals surface area contributed by atoms with Crippen LogP contribution in [0.2, 0.25) is 5.02 Å². The first-order chi connectivity index (χ1) is 14.9. The fourth-order valence-electron chi connectivity index (χ4n) is 3.95. The van der Waals surface area contributed by atoms with E-state index in [1.54, 1.807) is 42.5 Å². The highest BCUT2D eigenvalue weighted by Gasteiger charge is 2.23. The Morgan fingerprint density at radius 1 is 0.903 bits per heavy atom. The van der Waals surface area contributed by atoms with Crippen LogP contribution in [0.15, 0.2) is 59.5 Å². The number of aryl methyl sites for hydroxylation is 2. The Hall–Kier alpha value is -3.03. The molecular weight excluding hydrogens is 436 g/mol. The Balaban J connectivity index is 1.44. The van der Waals surface area contributed by atoms with E-state index in [1.165, 1.54) is 11.6 Å². The third kappa shape index (κ3) is 3.86. The molecule has 3 aromatic rings. The van der Waals surface area contributed by atoms with Crippen molar-refractivity contribution < 1.29 is 17.9 Å². The zero-order chi connectivity index (χ0) is 21.6. The van der Waals surface area contributed by atoms with Crippen LogP contribution in [-0.4, -0.2) is 14.3 Å². The van der Waals surface area contributed by atoms with Gasteiger partial charge in [0.25, 0.3) is 15.9 Å². The first kappa shape index (κ1) is 19.9. The number of carbonyl (C=O) groups is 1. The highest BCUT2D eigenvalue weighted by Crippen LogP contribution is 2.38. The van der Waals surface area contributed by atoms with Crippen molar-refractivity contribution >= 4 is 38.9 Å². The zero-order valence-electron chi connectivity index (χ0n) is 16.4. The standard InChI is InChI=1S/C23H19ClN2O4S/c24-16-6-9-22-20(12-16)25-23(27)19-13-17(7-10-21(19)30-22)26-31(28,29)18-8-5-14-3-1-2-4-15(14)11-18/h5-13,26H,1-4H2,(H,25,27). The molecule has 158 valence electrons. The van der Waals surface area contributed by atoms with Crippen LogP contribution in [-0.2, 0) is 22.9 Å². The number of hydrogen-bond donors (Lipinski definition) is 2. The summed E-state index contributed by atoms with van der Waals surface area (Å²) in [5, 5.41) is 3.21. The SMILES string of the molecule is O=C1Nc2cc(Cl)ccc2Oc2ccc(NS(=O)(=O)c3ccc4c(c3)CCCC4)cc21. The Morgan fingerprint density at radius 2 is 1.68 bits per heavy atom. The molecule has 0 atom stereocenters. The van der Waals surface area contributed by atoms with Crippen molar-refractivity contribution in [3.8, 4) is 11.5 Å². The molecule has 0 saturated heterocycles. The Labute approximate surface area is 185 Å². The second kappa shape index (κ2) is 7.59. The van der Waals surface area contributed by atoms with Gasteiger partial charge in [0.2, 0.25) is 0 Å². The summed E-state index contributed by atoms with van der Waals surface area (Å²) >= 11 is 6.01. The number of nitrogens with one attached hydrogen (secondary N) is 2.